The van der Waals surface area contributed by atoms with Gasteiger partial charge in [-0.3, -0.25) is 4.79 Å². The van der Waals surface area contributed by atoms with E-state index in [9.17, 15) is 4.79 Å². The molecule has 1 unspecified atom stereocenters. The number of Topliss-reactive ketones (excluding diaryl/α,β-unsaturated/α-hetero) is 1. The van der Waals surface area contributed by atoms with Crippen LogP contribution in [-0.2, 0) is 0 Å². The third-order valence-corrected chi connectivity index (χ3v) is 3.59. The first-order valence-corrected chi connectivity index (χ1v) is 7.29. The summed E-state index contributed by atoms with van der Waals surface area (Å²) in [4.78, 5) is 11.5. The first-order valence-electron chi connectivity index (χ1n) is 7.29. The molecule has 0 aliphatic carbocycles. The van der Waals surface area contributed by atoms with Crippen LogP contribution in [0.2, 0.25) is 0 Å². The molecule has 0 bridgehead atoms. The van der Waals surface area contributed by atoms with E-state index >= 15 is 0 Å². The highest BCUT2D eigenvalue weighted by molar-refractivity contribution is 5.96. The predicted octanol–water partition coefficient (Wildman–Crippen LogP) is 4.73. The molecule has 0 N–H and O–H groups in total. The van der Waals surface area contributed by atoms with Gasteiger partial charge in [-0.15, -0.1) is 0 Å². The predicted molar refractivity (Wildman–Crippen MR) is 79.8 cm³/mol. The average molecular weight is 262 g/mol. The molecule has 0 aliphatic heterocycles. The number of ether oxygens (including phenoxy) is 1. The van der Waals surface area contributed by atoms with Gasteiger partial charge in [0.2, 0.25) is 0 Å². The number of carbonyl (C=O) groups excluding carboxylic acids is 1. The highest BCUT2D eigenvalue weighted by atomic mass is 16.5. The molecule has 0 aromatic heterocycles. The number of benzene rings is 1. The molecule has 1 rings (SSSR count). The average Bonchev–Trinajstić information content (AvgIpc) is 2.38. The van der Waals surface area contributed by atoms with Gasteiger partial charge in [0.05, 0.1) is 12.2 Å². The van der Waals surface area contributed by atoms with Crippen LogP contribution in [-0.4, -0.2) is 12.4 Å². The topological polar surface area (TPSA) is 26.3 Å². The van der Waals surface area contributed by atoms with Crippen molar-refractivity contribution in [2.24, 2.45) is 11.8 Å². The summed E-state index contributed by atoms with van der Waals surface area (Å²) in [5.74, 6) is 1.94. The number of ketones is 1. The van der Waals surface area contributed by atoms with Crippen molar-refractivity contribution >= 4 is 5.78 Å². The van der Waals surface area contributed by atoms with E-state index < -0.39 is 0 Å². The largest absolute Gasteiger partial charge is 0.493 e. The number of carbonyl (C=O) groups is 1. The number of unbranched alkanes of at least 4 members (excludes halogenated alkanes) is 1. The maximum Gasteiger partial charge on any atom is 0.163 e. The first-order chi connectivity index (χ1) is 9.06. The maximum atomic E-state index is 11.5. The Labute approximate surface area is 117 Å². The summed E-state index contributed by atoms with van der Waals surface area (Å²) in [5.41, 5.74) is 0.681. The minimum absolute atomic E-state index is 0.0604. The fraction of sp³-hybridized carbons (Fsp3) is 0.588. The third kappa shape index (κ3) is 5.06. The zero-order valence-corrected chi connectivity index (χ0v) is 12.6. The molecule has 0 spiro atoms. The summed E-state index contributed by atoms with van der Waals surface area (Å²) >= 11 is 0. The van der Waals surface area contributed by atoms with Gasteiger partial charge in [0.15, 0.2) is 5.78 Å². The van der Waals surface area contributed by atoms with Crippen LogP contribution < -0.4 is 4.74 Å². The molecule has 0 fully saturated rings. The quantitative estimate of drug-likeness (QED) is 0.633. The lowest BCUT2D eigenvalue weighted by Crippen LogP contribution is -2.18. The zero-order valence-electron chi connectivity index (χ0n) is 12.6. The van der Waals surface area contributed by atoms with E-state index in [1.807, 2.05) is 24.3 Å². The summed E-state index contributed by atoms with van der Waals surface area (Å²) in [6, 6.07) is 7.50. The molecule has 1 atom stereocenters. The fourth-order valence-corrected chi connectivity index (χ4v) is 2.16. The zero-order chi connectivity index (χ0) is 14.3. The smallest absolute Gasteiger partial charge is 0.163 e. The molecule has 106 valence electrons. The van der Waals surface area contributed by atoms with E-state index in [0.717, 1.165) is 5.75 Å². The highest BCUT2D eigenvalue weighted by Gasteiger charge is 2.15. The Morgan fingerprint density at radius 3 is 2.53 bits per heavy atom. The monoisotopic (exact) mass is 262 g/mol. The molecule has 0 saturated carbocycles. The number of rotatable bonds is 8. The van der Waals surface area contributed by atoms with Crippen LogP contribution in [0.15, 0.2) is 24.3 Å². The van der Waals surface area contributed by atoms with E-state index in [2.05, 4.69) is 20.8 Å². The molecule has 0 heterocycles. The number of hydrogen-bond donors (Lipinski definition) is 0. The van der Waals surface area contributed by atoms with E-state index in [1.165, 1.54) is 19.3 Å². The van der Waals surface area contributed by atoms with Crippen LogP contribution in [0.25, 0.3) is 0 Å². The van der Waals surface area contributed by atoms with Crippen molar-refractivity contribution in [1.29, 1.82) is 0 Å². The van der Waals surface area contributed by atoms with Crippen LogP contribution in [0.5, 0.6) is 5.75 Å². The first kappa shape index (κ1) is 15.7. The molecule has 0 aliphatic rings. The molecule has 1 aromatic rings. The molecule has 19 heavy (non-hydrogen) atoms. The minimum Gasteiger partial charge on any atom is -0.493 e. The Balaban J connectivity index is 2.66. The molecule has 1 aromatic carbocycles. The van der Waals surface area contributed by atoms with Gasteiger partial charge in [-0.1, -0.05) is 45.7 Å². The van der Waals surface area contributed by atoms with E-state index in [1.54, 1.807) is 6.92 Å². The molecular formula is C17H26O2. The van der Waals surface area contributed by atoms with Crippen LogP contribution in [0.3, 0.4) is 0 Å². The summed E-state index contributed by atoms with van der Waals surface area (Å²) < 4.78 is 5.90. The van der Waals surface area contributed by atoms with Gasteiger partial charge in [0.25, 0.3) is 0 Å². The Kier molecular flexibility index (Phi) is 6.61. The van der Waals surface area contributed by atoms with Gasteiger partial charge < -0.3 is 4.74 Å². The Morgan fingerprint density at radius 2 is 1.95 bits per heavy atom. The Bertz CT molecular complexity index is 396. The molecule has 0 amide bonds. The lowest BCUT2D eigenvalue weighted by Gasteiger charge is -2.21. The fourth-order valence-electron chi connectivity index (χ4n) is 2.16. The van der Waals surface area contributed by atoms with Crippen molar-refractivity contribution in [3.05, 3.63) is 29.8 Å². The lowest BCUT2D eigenvalue weighted by molar-refractivity contribution is 0.101. The van der Waals surface area contributed by atoms with Crippen LogP contribution in [0.1, 0.15) is 57.3 Å². The Hall–Kier alpha value is -1.31. The SMILES string of the molecule is CCCCC(COc1ccccc1C(C)=O)C(C)C. The summed E-state index contributed by atoms with van der Waals surface area (Å²) in [5, 5.41) is 0. The molecule has 0 saturated heterocycles. The van der Waals surface area contributed by atoms with Crippen LogP contribution in [0, 0.1) is 11.8 Å². The second-order valence-electron chi connectivity index (χ2n) is 5.51. The van der Waals surface area contributed by atoms with Crippen molar-refractivity contribution in [3.63, 3.8) is 0 Å². The van der Waals surface area contributed by atoms with E-state index in [0.29, 0.717) is 24.0 Å². The van der Waals surface area contributed by atoms with Gasteiger partial charge in [-0.05, 0) is 37.3 Å². The van der Waals surface area contributed by atoms with E-state index in [-0.39, 0.29) is 5.78 Å². The second kappa shape index (κ2) is 7.98. The molecule has 0 radical (unpaired) electrons. The van der Waals surface area contributed by atoms with Gasteiger partial charge in [0.1, 0.15) is 5.75 Å². The van der Waals surface area contributed by atoms with Gasteiger partial charge in [-0.2, -0.15) is 0 Å². The van der Waals surface area contributed by atoms with Gasteiger partial charge in [-0.25, -0.2) is 0 Å². The minimum atomic E-state index is 0.0604. The lowest BCUT2D eigenvalue weighted by atomic mass is 9.91. The van der Waals surface area contributed by atoms with Crippen LogP contribution in [0.4, 0.5) is 0 Å². The number of hydrogen-bond acceptors (Lipinski definition) is 2. The maximum absolute atomic E-state index is 11.5. The normalized spacial score (nSPS) is 12.5. The second-order valence-corrected chi connectivity index (χ2v) is 5.51. The standard InChI is InChI=1S/C17H26O2/c1-5-6-9-15(13(2)3)12-19-17-11-8-7-10-16(17)14(4)18/h7-8,10-11,13,15H,5-6,9,12H2,1-4H3. The third-order valence-electron chi connectivity index (χ3n) is 3.59. The summed E-state index contributed by atoms with van der Waals surface area (Å²) in [6.45, 7) is 8.96. The summed E-state index contributed by atoms with van der Waals surface area (Å²) in [6.07, 6.45) is 3.64. The highest BCUT2D eigenvalue weighted by Crippen LogP contribution is 2.23. The molecule has 2 heteroatoms. The van der Waals surface area contributed by atoms with Crippen LogP contribution >= 0.6 is 0 Å². The summed E-state index contributed by atoms with van der Waals surface area (Å²) in [7, 11) is 0. The molecular weight excluding hydrogens is 236 g/mol. The van der Waals surface area contributed by atoms with Crippen molar-refractivity contribution in [1.82, 2.24) is 0 Å². The van der Waals surface area contributed by atoms with Gasteiger partial charge in [0, 0.05) is 0 Å². The Morgan fingerprint density at radius 1 is 1.26 bits per heavy atom. The van der Waals surface area contributed by atoms with Gasteiger partial charge >= 0.3 is 0 Å². The number of para-hydroxylation sites is 1. The van der Waals surface area contributed by atoms with Crippen molar-refractivity contribution in [3.8, 4) is 5.75 Å². The van der Waals surface area contributed by atoms with E-state index in [4.69, 9.17) is 4.74 Å². The van der Waals surface area contributed by atoms with Crippen molar-refractivity contribution in [2.75, 3.05) is 6.61 Å². The van der Waals surface area contributed by atoms with Crippen molar-refractivity contribution in [2.45, 2.75) is 47.0 Å². The van der Waals surface area contributed by atoms with Crippen molar-refractivity contribution < 1.29 is 9.53 Å². The molecule has 2 nitrogen and oxygen atoms in total.